The van der Waals surface area contributed by atoms with Gasteiger partial charge in [0.1, 0.15) is 11.6 Å². The van der Waals surface area contributed by atoms with E-state index in [1.807, 2.05) is 0 Å². The van der Waals surface area contributed by atoms with Crippen LogP contribution in [-0.2, 0) is 4.79 Å². The van der Waals surface area contributed by atoms with Gasteiger partial charge in [-0.25, -0.2) is 4.98 Å². The smallest absolute Gasteiger partial charge is 0.511 e. The summed E-state index contributed by atoms with van der Waals surface area (Å²) >= 11 is 0. The molecule has 0 aromatic carbocycles. The zero-order valence-corrected chi connectivity index (χ0v) is 10.7. The summed E-state index contributed by atoms with van der Waals surface area (Å²) in [6.45, 7) is 4.40. The van der Waals surface area contributed by atoms with E-state index in [9.17, 15) is 4.79 Å². The van der Waals surface area contributed by atoms with Crippen molar-refractivity contribution in [1.82, 2.24) is 9.88 Å². The van der Waals surface area contributed by atoms with Gasteiger partial charge in [0.05, 0.1) is 6.20 Å². The first-order valence-corrected chi connectivity index (χ1v) is 6.05. The van der Waals surface area contributed by atoms with E-state index < -0.39 is 7.32 Å². The third-order valence-corrected chi connectivity index (χ3v) is 3.01. The Balaban J connectivity index is 1.94. The minimum Gasteiger partial charge on any atom is -0.511 e. The van der Waals surface area contributed by atoms with E-state index in [2.05, 4.69) is 14.5 Å². The lowest BCUT2D eigenvalue weighted by Gasteiger charge is -2.34. The fourth-order valence-electron chi connectivity index (χ4n) is 2.00. The Labute approximate surface area is 111 Å². The zero-order chi connectivity index (χ0) is 13.8. The van der Waals surface area contributed by atoms with E-state index in [1.165, 1.54) is 6.20 Å². The summed E-state index contributed by atoms with van der Waals surface area (Å²) in [5.74, 6) is 1.16. The second-order valence-corrected chi connectivity index (χ2v) is 4.29. The molecule has 2 N–H and O–H groups in total. The SMILES string of the molecule is CC(=O)N1CCN(c2ccc(OB(O)O)cn2)CC1. The molecule has 0 spiro atoms. The maximum Gasteiger partial charge on any atom is 0.707 e. The number of aromatic nitrogens is 1. The zero-order valence-electron chi connectivity index (χ0n) is 10.7. The molecule has 0 aliphatic carbocycles. The van der Waals surface area contributed by atoms with Gasteiger partial charge in [0.2, 0.25) is 5.91 Å². The normalized spacial score (nSPS) is 15.3. The van der Waals surface area contributed by atoms with Crippen LogP contribution in [0.3, 0.4) is 0 Å². The Hall–Kier alpha value is -1.80. The molecule has 1 fully saturated rings. The summed E-state index contributed by atoms with van der Waals surface area (Å²) in [6, 6.07) is 3.38. The number of carbonyl (C=O) groups is 1. The van der Waals surface area contributed by atoms with Gasteiger partial charge in [-0.3, -0.25) is 4.79 Å². The number of hydrogen-bond donors (Lipinski definition) is 2. The number of nitrogens with zero attached hydrogens (tertiary/aromatic N) is 3. The maximum atomic E-state index is 11.2. The van der Waals surface area contributed by atoms with E-state index >= 15 is 0 Å². The third-order valence-electron chi connectivity index (χ3n) is 3.01. The predicted molar refractivity (Wildman–Crippen MR) is 69.5 cm³/mol. The lowest BCUT2D eigenvalue weighted by atomic mass is 10.2. The fraction of sp³-hybridized carbons (Fsp3) is 0.455. The summed E-state index contributed by atoms with van der Waals surface area (Å²) < 4.78 is 4.68. The van der Waals surface area contributed by atoms with Crippen molar-refractivity contribution >= 4 is 19.0 Å². The standard InChI is InChI=1S/C11H16BN3O4/c1-9(16)14-4-6-15(7-5-14)11-3-2-10(8-13-11)19-12(17)18/h2-3,8,17-18H,4-7H2,1H3. The fourth-order valence-corrected chi connectivity index (χ4v) is 2.00. The molecule has 1 aliphatic heterocycles. The Morgan fingerprint density at radius 2 is 2.00 bits per heavy atom. The van der Waals surface area contributed by atoms with Crippen molar-refractivity contribution in [1.29, 1.82) is 0 Å². The summed E-state index contributed by atoms with van der Waals surface area (Å²) in [5, 5.41) is 17.3. The molecular weight excluding hydrogens is 249 g/mol. The van der Waals surface area contributed by atoms with Crippen molar-refractivity contribution in [3.8, 4) is 5.75 Å². The van der Waals surface area contributed by atoms with Gasteiger partial charge >= 0.3 is 7.32 Å². The minimum atomic E-state index is -1.84. The molecule has 1 saturated heterocycles. The number of carbonyl (C=O) groups excluding carboxylic acids is 1. The molecule has 1 amide bonds. The number of amides is 1. The van der Waals surface area contributed by atoms with Crippen LogP contribution >= 0.6 is 0 Å². The van der Waals surface area contributed by atoms with Gasteiger partial charge in [-0.15, -0.1) is 0 Å². The highest BCUT2D eigenvalue weighted by molar-refractivity contribution is 6.33. The highest BCUT2D eigenvalue weighted by Crippen LogP contribution is 2.17. The van der Waals surface area contributed by atoms with Gasteiger partial charge in [-0.1, -0.05) is 0 Å². The number of hydrogen-bond acceptors (Lipinski definition) is 6. The van der Waals surface area contributed by atoms with Crippen molar-refractivity contribution in [3.05, 3.63) is 18.3 Å². The average molecular weight is 265 g/mol. The van der Waals surface area contributed by atoms with Crippen LogP contribution in [0.15, 0.2) is 18.3 Å². The van der Waals surface area contributed by atoms with Crippen molar-refractivity contribution in [2.75, 3.05) is 31.1 Å². The van der Waals surface area contributed by atoms with Crippen LogP contribution in [0.2, 0.25) is 0 Å². The molecule has 0 saturated carbocycles. The number of anilines is 1. The Morgan fingerprint density at radius 3 is 2.47 bits per heavy atom. The van der Waals surface area contributed by atoms with E-state index in [0.29, 0.717) is 18.8 Å². The maximum absolute atomic E-state index is 11.2. The Morgan fingerprint density at radius 1 is 1.32 bits per heavy atom. The first-order valence-electron chi connectivity index (χ1n) is 6.05. The van der Waals surface area contributed by atoms with Gasteiger partial charge in [0, 0.05) is 33.1 Å². The van der Waals surface area contributed by atoms with Gasteiger partial charge in [-0.2, -0.15) is 0 Å². The van der Waals surface area contributed by atoms with Crippen LogP contribution in [0.25, 0.3) is 0 Å². The topological polar surface area (TPSA) is 86.1 Å². The molecule has 1 aliphatic rings. The van der Waals surface area contributed by atoms with Gasteiger partial charge in [0.15, 0.2) is 0 Å². The van der Waals surface area contributed by atoms with Crippen molar-refractivity contribution in [2.24, 2.45) is 0 Å². The lowest BCUT2D eigenvalue weighted by Crippen LogP contribution is -2.48. The number of rotatable bonds is 3. The van der Waals surface area contributed by atoms with Crippen molar-refractivity contribution in [3.63, 3.8) is 0 Å². The second kappa shape index (κ2) is 5.90. The van der Waals surface area contributed by atoms with E-state index in [1.54, 1.807) is 24.0 Å². The molecule has 19 heavy (non-hydrogen) atoms. The molecule has 7 nitrogen and oxygen atoms in total. The first-order chi connectivity index (χ1) is 9.06. The minimum absolute atomic E-state index is 0.0910. The predicted octanol–water partition coefficient (Wildman–Crippen LogP) is -0.902. The molecular formula is C11H16BN3O4. The first kappa shape index (κ1) is 13.6. The molecule has 2 rings (SSSR count). The van der Waals surface area contributed by atoms with Gasteiger partial charge in [-0.05, 0) is 12.1 Å². The van der Waals surface area contributed by atoms with Crippen LogP contribution < -0.4 is 9.55 Å². The Kier molecular flexibility index (Phi) is 4.23. The van der Waals surface area contributed by atoms with Crippen molar-refractivity contribution < 1.29 is 19.5 Å². The van der Waals surface area contributed by atoms with E-state index in [0.717, 1.165) is 18.9 Å². The van der Waals surface area contributed by atoms with E-state index in [-0.39, 0.29) is 5.91 Å². The molecule has 8 heteroatoms. The monoisotopic (exact) mass is 265 g/mol. The summed E-state index contributed by atoms with van der Waals surface area (Å²) in [5.41, 5.74) is 0. The molecule has 1 aromatic heterocycles. The molecule has 0 unspecified atom stereocenters. The molecule has 0 atom stereocenters. The van der Waals surface area contributed by atoms with Crippen LogP contribution in [0.5, 0.6) is 5.75 Å². The number of piperazine rings is 1. The quantitative estimate of drug-likeness (QED) is 0.689. The van der Waals surface area contributed by atoms with Crippen LogP contribution in [0, 0.1) is 0 Å². The van der Waals surface area contributed by atoms with E-state index in [4.69, 9.17) is 10.0 Å². The highest BCUT2D eigenvalue weighted by Gasteiger charge is 2.19. The summed E-state index contributed by atoms with van der Waals surface area (Å²) in [6.07, 6.45) is 1.44. The molecule has 102 valence electrons. The molecule has 0 radical (unpaired) electrons. The molecule has 0 bridgehead atoms. The van der Waals surface area contributed by atoms with Crippen LogP contribution in [0.4, 0.5) is 5.82 Å². The summed E-state index contributed by atoms with van der Waals surface area (Å²) in [4.78, 5) is 19.3. The van der Waals surface area contributed by atoms with Gasteiger partial charge < -0.3 is 24.5 Å². The summed E-state index contributed by atoms with van der Waals surface area (Å²) in [7, 11) is -1.84. The Bertz CT molecular complexity index is 432. The highest BCUT2D eigenvalue weighted by atomic mass is 16.6. The lowest BCUT2D eigenvalue weighted by molar-refractivity contribution is -0.129. The van der Waals surface area contributed by atoms with Gasteiger partial charge in [0.25, 0.3) is 0 Å². The second-order valence-electron chi connectivity index (χ2n) is 4.29. The largest absolute Gasteiger partial charge is 0.707 e. The molecule has 1 aromatic rings. The van der Waals surface area contributed by atoms with Crippen LogP contribution in [-0.4, -0.2) is 59.3 Å². The number of pyridine rings is 1. The third kappa shape index (κ3) is 3.58. The average Bonchev–Trinajstić information content (AvgIpc) is 2.39. The van der Waals surface area contributed by atoms with Crippen molar-refractivity contribution in [2.45, 2.75) is 6.92 Å². The van der Waals surface area contributed by atoms with Crippen LogP contribution in [0.1, 0.15) is 6.92 Å². The molecule has 2 heterocycles.